The number of ether oxygens (including phenoxy) is 2. The summed E-state index contributed by atoms with van der Waals surface area (Å²) in [7, 11) is 2.91. The quantitative estimate of drug-likeness (QED) is 0.676. The van der Waals surface area contributed by atoms with Crippen molar-refractivity contribution >= 4 is 27.5 Å². The molecule has 0 amide bonds. The van der Waals surface area contributed by atoms with Crippen molar-refractivity contribution in [3.8, 4) is 11.5 Å². The second kappa shape index (κ2) is 6.70. The van der Waals surface area contributed by atoms with Crippen LogP contribution in [0.5, 0.6) is 11.5 Å². The van der Waals surface area contributed by atoms with Crippen LogP contribution < -0.4 is 9.47 Å². The molecule has 0 spiro atoms. The summed E-state index contributed by atoms with van der Waals surface area (Å²) in [6.07, 6.45) is -5.17. The average molecular weight is 362 g/mol. The zero-order chi connectivity index (χ0) is 14.6. The third-order valence-corrected chi connectivity index (χ3v) is 3.80. The minimum absolute atomic E-state index is 0.0985. The fourth-order valence-corrected chi connectivity index (χ4v) is 2.58. The lowest BCUT2D eigenvalue weighted by Gasteiger charge is -2.16. The summed E-state index contributed by atoms with van der Waals surface area (Å²) in [6.45, 7) is 0. The molecule has 0 bridgehead atoms. The van der Waals surface area contributed by atoms with Crippen LogP contribution in [0.3, 0.4) is 0 Å². The van der Waals surface area contributed by atoms with Crippen LogP contribution in [-0.2, 0) is 0 Å². The molecule has 0 radical (unpaired) electrons. The van der Waals surface area contributed by atoms with Gasteiger partial charge in [0.25, 0.3) is 0 Å². The Bertz CT molecular complexity index is 438. The molecule has 1 atom stereocenters. The molecular formula is C12H13BrClF3O2. The number of methoxy groups -OCH3 is 2. The maximum absolute atomic E-state index is 12.2. The number of halogens is 5. The van der Waals surface area contributed by atoms with Crippen LogP contribution in [0.4, 0.5) is 13.2 Å². The smallest absolute Gasteiger partial charge is 0.389 e. The summed E-state index contributed by atoms with van der Waals surface area (Å²) in [5.41, 5.74) is 0.545. The molecule has 108 valence electrons. The molecule has 0 aliphatic carbocycles. The van der Waals surface area contributed by atoms with Gasteiger partial charge in [-0.15, -0.1) is 0 Å². The Morgan fingerprint density at radius 2 is 1.74 bits per heavy atom. The molecular weight excluding hydrogens is 348 g/mol. The van der Waals surface area contributed by atoms with Gasteiger partial charge in [-0.2, -0.15) is 13.2 Å². The predicted octanol–water partition coefficient (Wildman–Crippen LogP) is 5.14. The molecule has 7 heteroatoms. The Hall–Kier alpha value is -0.620. The SMILES string of the molecule is COc1cc(Cl)c(C(Br)CCC(F)(F)F)cc1OC. The average Bonchev–Trinajstić information content (AvgIpc) is 2.34. The van der Waals surface area contributed by atoms with E-state index in [-0.39, 0.29) is 6.42 Å². The number of rotatable bonds is 5. The van der Waals surface area contributed by atoms with Crippen LogP contribution in [0, 0.1) is 0 Å². The van der Waals surface area contributed by atoms with Gasteiger partial charge in [-0.25, -0.2) is 0 Å². The number of hydrogen-bond acceptors (Lipinski definition) is 2. The van der Waals surface area contributed by atoms with Gasteiger partial charge in [-0.3, -0.25) is 0 Å². The van der Waals surface area contributed by atoms with E-state index < -0.39 is 17.4 Å². The van der Waals surface area contributed by atoms with Gasteiger partial charge < -0.3 is 9.47 Å². The highest BCUT2D eigenvalue weighted by atomic mass is 79.9. The van der Waals surface area contributed by atoms with Crippen LogP contribution in [0.25, 0.3) is 0 Å². The zero-order valence-electron chi connectivity index (χ0n) is 10.4. The highest BCUT2D eigenvalue weighted by Gasteiger charge is 2.29. The molecule has 0 aliphatic heterocycles. The molecule has 1 unspecified atom stereocenters. The maximum Gasteiger partial charge on any atom is 0.389 e. The molecule has 0 N–H and O–H groups in total. The third kappa shape index (κ3) is 4.76. The topological polar surface area (TPSA) is 18.5 Å². The van der Waals surface area contributed by atoms with Gasteiger partial charge in [0, 0.05) is 22.3 Å². The van der Waals surface area contributed by atoms with E-state index in [2.05, 4.69) is 15.9 Å². The van der Waals surface area contributed by atoms with Crippen LogP contribution in [0.1, 0.15) is 23.2 Å². The first-order valence-electron chi connectivity index (χ1n) is 5.40. The van der Waals surface area contributed by atoms with Crippen LogP contribution in [0.2, 0.25) is 5.02 Å². The second-order valence-electron chi connectivity index (χ2n) is 3.85. The van der Waals surface area contributed by atoms with E-state index in [1.54, 1.807) is 6.07 Å². The van der Waals surface area contributed by atoms with Crippen molar-refractivity contribution in [2.75, 3.05) is 14.2 Å². The number of hydrogen-bond donors (Lipinski definition) is 0. The highest BCUT2D eigenvalue weighted by Crippen LogP contribution is 2.41. The Balaban J connectivity index is 2.93. The van der Waals surface area contributed by atoms with Crippen molar-refractivity contribution < 1.29 is 22.6 Å². The first-order chi connectivity index (χ1) is 8.78. The van der Waals surface area contributed by atoms with E-state index in [0.717, 1.165) is 0 Å². The Kier molecular flexibility index (Phi) is 5.80. The van der Waals surface area contributed by atoms with Crippen molar-refractivity contribution in [2.45, 2.75) is 23.8 Å². The molecule has 0 heterocycles. The maximum atomic E-state index is 12.2. The lowest BCUT2D eigenvalue weighted by Crippen LogP contribution is -2.08. The Morgan fingerprint density at radius 1 is 1.21 bits per heavy atom. The monoisotopic (exact) mass is 360 g/mol. The number of benzene rings is 1. The third-order valence-electron chi connectivity index (χ3n) is 2.52. The number of alkyl halides is 4. The summed E-state index contributed by atoms with van der Waals surface area (Å²) >= 11 is 9.25. The fourth-order valence-electron chi connectivity index (χ4n) is 1.56. The summed E-state index contributed by atoms with van der Waals surface area (Å²) in [6, 6.07) is 3.11. The van der Waals surface area contributed by atoms with Crippen molar-refractivity contribution in [2.24, 2.45) is 0 Å². The molecule has 19 heavy (non-hydrogen) atoms. The molecule has 0 saturated heterocycles. The van der Waals surface area contributed by atoms with Gasteiger partial charge in [0.15, 0.2) is 11.5 Å². The van der Waals surface area contributed by atoms with E-state index in [9.17, 15) is 13.2 Å². The summed E-state index contributed by atoms with van der Waals surface area (Å²) in [5.74, 6) is 0.866. The van der Waals surface area contributed by atoms with Gasteiger partial charge in [0.1, 0.15) is 0 Å². The van der Waals surface area contributed by atoms with Gasteiger partial charge in [-0.05, 0) is 18.1 Å². The first-order valence-corrected chi connectivity index (χ1v) is 6.70. The molecule has 1 aromatic rings. The molecule has 0 fully saturated rings. The van der Waals surface area contributed by atoms with Crippen molar-refractivity contribution in [1.29, 1.82) is 0 Å². The van der Waals surface area contributed by atoms with E-state index in [0.29, 0.717) is 22.1 Å². The zero-order valence-corrected chi connectivity index (χ0v) is 12.7. The van der Waals surface area contributed by atoms with Gasteiger partial charge in [0.05, 0.1) is 14.2 Å². The van der Waals surface area contributed by atoms with Crippen molar-refractivity contribution in [3.63, 3.8) is 0 Å². The van der Waals surface area contributed by atoms with Crippen molar-refractivity contribution in [1.82, 2.24) is 0 Å². The molecule has 1 aromatic carbocycles. The summed E-state index contributed by atoms with van der Waals surface area (Å²) in [4.78, 5) is -0.499. The van der Waals surface area contributed by atoms with Gasteiger partial charge >= 0.3 is 6.18 Å². The summed E-state index contributed by atoms with van der Waals surface area (Å²) in [5, 5.41) is 0.335. The van der Waals surface area contributed by atoms with Crippen LogP contribution in [0.15, 0.2) is 12.1 Å². The predicted molar refractivity (Wildman–Crippen MR) is 71.5 cm³/mol. The minimum atomic E-state index is -4.19. The Labute approximate surface area is 123 Å². The van der Waals surface area contributed by atoms with E-state index >= 15 is 0 Å². The Morgan fingerprint density at radius 3 is 2.21 bits per heavy atom. The molecule has 2 nitrogen and oxygen atoms in total. The molecule has 0 aromatic heterocycles. The first kappa shape index (κ1) is 16.4. The van der Waals surface area contributed by atoms with E-state index in [4.69, 9.17) is 21.1 Å². The largest absolute Gasteiger partial charge is 0.493 e. The molecule has 0 aliphatic rings. The minimum Gasteiger partial charge on any atom is -0.493 e. The summed E-state index contributed by atoms with van der Waals surface area (Å²) < 4.78 is 46.8. The lowest BCUT2D eigenvalue weighted by atomic mass is 10.1. The van der Waals surface area contributed by atoms with Crippen molar-refractivity contribution in [3.05, 3.63) is 22.7 Å². The van der Waals surface area contributed by atoms with E-state index in [1.165, 1.54) is 20.3 Å². The molecule has 1 rings (SSSR count). The van der Waals surface area contributed by atoms with Gasteiger partial charge in [0.2, 0.25) is 0 Å². The van der Waals surface area contributed by atoms with Gasteiger partial charge in [-0.1, -0.05) is 27.5 Å². The fraction of sp³-hybridized carbons (Fsp3) is 0.500. The molecule has 0 saturated carbocycles. The van der Waals surface area contributed by atoms with Crippen LogP contribution in [-0.4, -0.2) is 20.4 Å². The highest BCUT2D eigenvalue weighted by molar-refractivity contribution is 9.09. The second-order valence-corrected chi connectivity index (χ2v) is 5.36. The van der Waals surface area contributed by atoms with E-state index in [1.807, 2.05) is 0 Å². The normalized spacial score (nSPS) is 13.2. The standard InChI is InChI=1S/C12H13BrClF3O2/c1-18-10-5-7(9(14)6-11(10)19-2)8(13)3-4-12(15,16)17/h5-6,8H,3-4H2,1-2H3. The van der Waals surface area contributed by atoms with Crippen LogP contribution >= 0.6 is 27.5 Å². The lowest BCUT2D eigenvalue weighted by molar-refractivity contribution is -0.135.